The van der Waals surface area contributed by atoms with Crippen LogP contribution < -0.4 is 0 Å². The van der Waals surface area contributed by atoms with Crippen LogP contribution in [0.15, 0.2) is 11.1 Å². The summed E-state index contributed by atoms with van der Waals surface area (Å²) in [6.45, 7) is 7.83. The van der Waals surface area contributed by atoms with Gasteiger partial charge in [0.1, 0.15) is 5.54 Å². The molecule has 16 heavy (non-hydrogen) atoms. The minimum atomic E-state index is 0.511. The molecule has 0 N–H and O–H groups in total. The number of nitrogens with zero attached hydrogens (tertiary/aromatic N) is 1. The molecule has 0 bridgehead atoms. The Morgan fingerprint density at radius 2 is 2.06 bits per heavy atom. The van der Waals surface area contributed by atoms with Crippen LogP contribution in [0.4, 0.5) is 0 Å². The topological polar surface area (TPSA) is 0 Å². The molecule has 0 saturated carbocycles. The third-order valence-electron chi connectivity index (χ3n) is 5.92. The van der Waals surface area contributed by atoms with E-state index in [1.807, 2.05) is 11.1 Å². The van der Waals surface area contributed by atoms with E-state index < -0.39 is 0 Å². The lowest BCUT2D eigenvalue weighted by atomic mass is 9.72. The number of hydrogen-bond acceptors (Lipinski definition) is 0. The standard InChI is InChI=1S/C15H26N/c1-12-7-9-15(2)14-6-4-5-13(14)8-10-16(15,3)11-12/h12H,4-11H2,1-3H3/q+1/t12-,15+,16?/m1/s1. The Balaban J connectivity index is 2.02. The van der Waals surface area contributed by atoms with E-state index in [2.05, 4.69) is 20.9 Å². The second-order valence-electron chi connectivity index (χ2n) is 6.91. The molecular weight excluding hydrogens is 194 g/mol. The molecule has 0 aromatic heterocycles. The Morgan fingerprint density at radius 3 is 2.88 bits per heavy atom. The van der Waals surface area contributed by atoms with E-state index in [0.29, 0.717) is 5.54 Å². The van der Waals surface area contributed by atoms with Crippen LogP contribution in [0.1, 0.15) is 52.4 Å². The summed E-state index contributed by atoms with van der Waals surface area (Å²) in [4.78, 5) is 0. The molecule has 0 aromatic rings. The van der Waals surface area contributed by atoms with Gasteiger partial charge in [0.15, 0.2) is 0 Å². The third-order valence-corrected chi connectivity index (χ3v) is 5.92. The van der Waals surface area contributed by atoms with Crippen molar-refractivity contribution in [3.8, 4) is 0 Å². The molecule has 0 amide bonds. The summed E-state index contributed by atoms with van der Waals surface area (Å²) in [5.41, 5.74) is 4.25. The Morgan fingerprint density at radius 1 is 1.25 bits per heavy atom. The van der Waals surface area contributed by atoms with Crippen molar-refractivity contribution in [2.75, 3.05) is 20.1 Å². The average molecular weight is 220 g/mol. The molecule has 90 valence electrons. The maximum Gasteiger partial charge on any atom is 0.118 e. The molecule has 0 radical (unpaired) electrons. The molecule has 2 heterocycles. The predicted molar refractivity (Wildman–Crippen MR) is 68.2 cm³/mol. The lowest BCUT2D eigenvalue weighted by Gasteiger charge is -2.57. The van der Waals surface area contributed by atoms with Crippen LogP contribution in [0.5, 0.6) is 0 Å². The highest BCUT2D eigenvalue weighted by Gasteiger charge is 2.53. The second kappa shape index (κ2) is 3.35. The minimum absolute atomic E-state index is 0.511. The normalized spacial score (nSPS) is 47.8. The van der Waals surface area contributed by atoms with Crippen molar-refractivity contribution in [2.24, 2.45) is 5.92 Å². The molecule has 1 nitrogen and oxygen atoms in total. The van der Waals surface area contributed by atoms with Crippen molar-refractivity contribution in [2.45, 2.75) is 57.9 Å². The average Bonchev–Trinajstić information content (AvgIpc) is 2.70. The zero-order valence-corrected chi connectivity index (χ0v) is 11.2. The highest BCUT2D eigenvalue weighted by Crippen LogP contribution is 2.50. The van der Waals surface area contributed by atoms with Crippen molar-refractivity contribution < 1.29 is 4.48 Å². The molecule has 0 aromatic carbocycles. The predicted octanol–water partition coefficient (Wildman–Crippen LogP) is 3.51. The number of fused-ring (bicyclic) bond motifs is 2. The fourth-order valence-electron chi connectivity index (χ4n) is 4.71. The number of rotatable bonds is 0. The molecule has 3 rings (SSSR count). The molecule has 1 aliphatic carbocycles. The summed E-state index contributed by atoms with van der Waals surface area (Å²) in [7, 11) is 2.53. The summed E-state index contributed by atoms with van der Waals surface area (Å²) in [6.07, 6.45) is 8.54. The van der Waals surface area contributed by atoms with E-state index in [9.17, 15) is 0 Å². The first kappa shape index (κ1) is 10.8. The zero-order valence-electron chi connectivity index (χ0n) is 11.2. The first-order valence-electron chi connectivity index (χ1n) is 7.11. The Labute approximate surface area is 100 Å². The van der Waals surface area contributed by atoms with Crippen LogP contribution in [-0.2, 0) is 0 Å². The number of quaternary nitrogens is 1. The molecule has 2 aliphatic heterocycles. The van der Waals surface area contributed by atoms with Gasteiger partial charge < -0.3 is 4.48 Å². The largest absolute Gasteiger partial charge is 0.317 e. The van der Waals surface area contributed by atoms with Gasteiger partial charge in [-0.3, -0.25) is 0 Å². The quantitative estimate of drug-likeness (QED) is 0.433. The maximum absolute atomic E-state index is 2.57. The number of hydrogen-bond donors (Lipinski definition) is 0. The van der Waals surface area contributed by atoms with Crippen molar-refractivity contribution in [1.82, 2.24) is 0 Å². The van der Waals surface area contributed by atoms with Gasteiger partial charge in [-0.25, -0.2) is 0 Å². The van der Waals surface area contributed by atoms with E-state index in [4.69, 9.17) is 0 Å². The maximum atomic E-state index is 2.57. The van der Waals surface area contributed by atoms with Crippen LogP contribution in [0.3, 0.4) is 0 Å². The number of likely N-dealkylation sites (N-methyl/N-ethyl adjacent to an activating group) is 1. The molecule has 1 saturated heterocycles. The summed E-state index contributed by atoms with van der Waals surface area (Å²) >= 11 is 0. The van der Waals surface area contributed by atoms with Crippen molar-refractivity contribution in [3.05, 3.63) is 11.1 Å². The molecule has 3 atom stereocenters. The molecular formula is C15H26N+. The fourth-order valence-corrected chi connectivity index (χ4v) is 4.71. The van der Waals surface area contributed by atoms with Gasteiger partial charge >= 0.3 is 0 Å². The van der Waals surface area contributed by atoms with Gasteiger partial charge in [0.2, 0.25) is 0 Å². The lowest BCUT2D eigenvalue weighted by molar-refractivity contribution is -0.961. The van der Waals surface area contributed by atoms with Crippen molar-refractivity contribution >= 4 is 0 Å². The molecule has 1 heteroatoms. The van der Waals surface area contributed by atoms with Gasteiger partial charge in [-0.2, -0.15) is 0 Å². The monoisotopic (exact) mass is 220 g/mol. The molecule has 0 spiro atoms. The fraction of sp³-hybridized carbons (Fsp3) is 0.867. The molecule has 1 fully saturated rings. The third kappa shape index (κ3) is 1.27. The zero-order chi connectivity index (χ0) is 11.4. The van der Waals surface area contributed by atoms with E-state index in [0.717, 1.165) is 5.92 Å². The van der Waals surface area contributed by atoms with E-state index in [1.165, 1.54) is 56.1 Å². The first-order chi connectivity index (χ1) is 7.55. The second-order valence-corrected chi connectivity index (χ2v) is 6.91. The van der Waals surface area contributed by atoms with Gasteiger partial charge in [-0.05, 0) is 38.2 Å². The van der Waals surface area contributed by atoms with E-state index >= 15 is 0 Å². The van der Waals surface area contributed by atoms with Crippen LogP contribution >= 0.6 is 0 Å². The first-order valence-corrected chi connectivity index (χ1v) is 7.11. The van der Waals surface area contributed by atoms with Crippen LogP contribution in [0.25, 0.3) is 0 Å². The molecule has 3 aliphatic rings. The van der Waals surface area contributed by atoms with Gasteiger partial charge in [0.25, 0.3) is 0 Å². The van der Waals surface area contributed by atoms with E-state index in [-0.39, 0.29) is 0 Å². The minimum Gasteiger partial charge on any atom is -0.317 e. The summed E-state index contributed by atoms with van der Waals surface area (Å²) < 4.78 is 1.34. The molecule has 1 unspecified atom stereocenters. The van der Waals surface area contributed by atoms with Gasteiger partial charge in [-0.1, -0.05) is 12.5 Å². The highest BCUT2D eigenvalue weighted by atomic mass is 15.4. The summed E-state index contributed by atoms with van der Waals surface area (Å²) in [5.74, 6) is 0.932. The summed E-state index contributed by atoms with van der Waals surface area (Å²) in [5, 5.41) is 0. The van der Waals surface area contributed by atoms with E-state index in [1.54, 1.807) is 0 Å². The van der Waals surface area contributed by atoms with Gasteiger partial charge in [0.05, 0.1) is 20.1 Å². The van der Waals surface area contributed by atoms with Crippen LogP contribution in [0.2, 0.25) is 0 Å². The highest BCUT2D eigenvalue weighted by molar-refractivity contribution is 5.30. The smallest absolute Gasteiger partial charge is 0.118 e. The van der Waals surface area contributed by atoms with Crippen molar-refractivity contribution in [3.63, 3.8) is 0 Å². The lowest BCUT2D eigenvalue weighted by Crippen LogP contribution is -2.67. The summed E-state index contributed by atoms with van der Waals surface area (Å²) in [6, 6.07) is 0. The Kier molecular flexibility index (Phi) is 2.27. The SMILES string of the molecule is C[C@@H]1CC[C@@]2(C)C3=C(CCC3)CC[N+]2(C)C1. The Hall–Kier alpha value is -0.300. The van der Waals surface area contributed by atoms with Crippen LogP contribution in [0, 0.1) is 5.92 Å². The Bertz CT molecular complexity index is 343. The van der Waals surface area contributed by atoms with Gasteiger partial charge in [-0.15, -0.1) is 0 Å². The number of piperidine rings is 1. The van der Waals surface area contributed by atoms with Gasteiger partial charge in [0, 0.05) is 18.8 Å². The van der Waals surface area contributed by atoms with Crippen molar-refractivity contribution in [1.29, 1.82) is 0 Å². The van der Waals surface area contributed by atoms with Crippen LogP contribution in [-0.4, -0.2) is 30.2 Å².